The molecule has 6 nitrogen and oxygen atoms in total. The lowest BCUT2D eigenvalue weighted by molar-refractivity contribution is -0.128. The van der Waals surface area contributed by atoms with Gasteiger partial charge in [-0.1, -0.05) is 17.7 Å². The highest BCUT2D eigenvalue weighted by Gasteiger charge is 2.21. The van der Waals surface area contributed by atoms with E-state index < -0.39 is 27.8 Å². The van der Waals surface area contributed by atoms with Crippen molar-refractivity contribution in [2.45, 2.75) is 17.9 Å². The number of nitrogens with one attached hydrogen (secondary N) is 1. The SMILES string of the molecule is C=CCNC(=O)[C@@H](C)OC(=O)c1cc(S(C)(=O)=O)ccc1Cl. The fourth-order valence-electron chi connectivity index (χ4n) is 1.49. The number of amides is 1. The van der Waals surface area contributed by atoms with Gasteiger partial charge in [-0.25, -0.2) is 13.2 Å². The Bertz CT molecular complexity index is 699. The van der Waals surface area contributed by atoms with E-state index in [1.807, 2.05) is 0 Å². The van der Waals surface area contributed by atoms with Crippen LogP contribution in [0.3, 0.4) is 0 Å². The van der Waals surface area contributed by atoms with Crippen LogP contribution in [0, 0.1) is 0 Å². The highest BCUT2D eigenvalue weighted by molar-refractivity contribution is 7.90. The molecule has 1 amide bonds. The fraction of sp³-hybridized carbons (Fsp3) is 0.286. The molecule has 0 aliphatic rings. The predicted octanol–water partition coefficient (Wildman–Crippen LogP) is 1.59. The number of rotatable bonds is 6. The van der Waals surface area contributed by atoms with E-state index in [9.17, 15) is 18.0 Å². The summed E-state index contributed by atoms with van der Waals surface area (Å²) in [5.41, 5.74) is -0.118. The van der Waals surface area contributed by atoms with Gasteiger partial charge in [0.25, 0.3) is 5.91 Å². The second-order valence-corrected chi connectivity index (χ2v) is 6.92. The highest BCUT2D eigenvalue weighted by Crippen LogP contribution is 2.21. The van der Waals surface area contributed by atoms with Gasteiger partial charge in [-0.3, -0.25) is 4.79 Å². The summed E-state index contributed by atoms with van der Waals surface area (Å²) in [5, 5.41) is 2.51. The van der Waals surface area contributed by atoms with Gasteiger partial charge in [0.2, 0.25) is 0 Å². The van der Waals surface area contributed by atoms with Gasteiger partial charge in [0.15, 0.2) is 15.9 Å². The molecule has 0 aliphatic carbocycles. The molecule has 1 atom stereocenters. The first kappa shape index (κ1) is 18.2. The Balaban J connectivity index is 2.94. The lowest BCUT2D eigenvalue weighted by Crippen LogP contribution is -2.35. The zero-order valence-electron chi connectivity index (χ0n) is 12.1. The first-order valence-corrected chi connectivity index (χ1v) is 8.53. The monoisotopic (exact) mass is 345 g/mol. The van der Waals surface area contributed by atoms with Gasteiger partial charge < -0.3 is 10.1 Å². The van der Waals surface area contributed by atoms with E-state index in [0.717, 1.165) is 12.3 Å². The molecule has 120 valence electrons. The van der Waals surface area contributed by atoms with Crippen molar-refractivity contribution < 1.29 is 22.7 Å². The molecule has 0 unspecified atom stereocenters. The topological polar surface area (TPSA) is 89.5 Å². The van der Waals surface area contributed by atoms with Crippen LogP contribution in [-0.2, 0) is 19.4 Å². The van der Waals surface area contributed by atoms with Crippen molar-refractivity contribution in [3.63, 3.8) is 0 Å². The Kier molecular flexibility index (Phi) is 6.13. The minimum Gasteiger partial charge on any atom is -0.449 e. The van der Waals surface area contributed by atoms with E-state index in [1.54, 1.807) is 0 Å². The second-order valence-electron chi connectivity index (χ2n) is 4.50. The molecule has 1 rings (SSSR count). The first-order chi connectivity index (χ1) is 10.2. The molecule has 1 aromatic rings. The minimum atomic E-state index is -3.49. The number of halogens is 1. The third kappa shape index (κ3) is 4.85. The summed E-state index contributed by atoms with van der Waals surface area (Å²) >= 11 is 5.88. The molecular weight excluding hydrogens is 330 g/mol. The van der Waals surface area contributed by atoms with E-state index in [1.165, 1.54) is 25.1 Å². The highest BCUT2D eigenvalue weighted by atomic mass is 35.5. The molecule has 0 heterocycles. The van der Waals surface area contributed by atoms with Crippen molar-refractivity contribution in [2.75, 3.05) is 12.8 Å². The van der Waals surface area contributed by atoms with Crippen LogP contribution in [0.4, 0.5) is 0 Å². The summed E-state index contributed by atoms with van der Waals surface area (Å²) in [5.74, 6) is -1.37. The van der Waals surface area contributed by atoms with Gasteiger partial charge in [0, 0.05) is 12.8 Å². The van der Waals surface area contributed by atoms with Crippen molar-refractivity contribution in [3.8, 4) is 0 Å². The molecular formula is C14H16ClNO5S. The van der Waals surface area contributed by atoms with Crippen LogP contribution in [-0.4, -0.2) is 39.2 Å². The zero-order chi connectivity index (χ0) is 16.9. The Morgan fingerprint density at radius 1 is 1.45 bits per heavy atom. The Morgan fingerprint density at radius 2 is 2.09 bits per heavy atom. The molecule has 0 aliphatic heterocycles. The average Bonchev–Trinajstić information content (AvgIpc) is 2.43. The second kappa shape index (κ2) is 7.42. The summed E-state index contributed by atoms with van der Waals surface area (Å²) in [6.07, 6.45) is 1.45. The Morgan fingerprint density at radius 3 is 2.64 bits per heavy atom. The zero-order valence-corrected chi connectivity index (χ0v) is 13.7. The van der Waals surface area contributed by atoms with Crippen molar-refractivity contribution in [3.05, 3.63) is 41.4 Å². The van der Waals surface area contributed by atoms with Gasteiger partial charge in [-0.15, -0.1) is 6.58 Å². The van der Waals surface area contributed by atoms with Gasteiger partial charge >= 0.3 is 5.97 Å². The molecule has 8 heteroatoms. The molecule has 0 saturated carbocycles. The van der Waals surface area contributed by atoms with Gasteiger partial charge in [0.05, 0.1) is 15.5 Å². The van der Waals surface area contributed by atoms with Crippen LogP contribution < -0.4 is 5.32 Å². The summed E-state index contributed by atoms with van der Waals surface area (Å²) < 4.78 is 28.0. The van der Waals surface area contributed by atoms with Crippen LogP contribution in [0.2, 0.25) is 5.02 Å². The average molecular weight is 346 g/mol. The van der Waals surface area contributed by atoms with Crippen molar-refractivity contribution in [2.24, 2.45) is 0 Å². The van der Waals surface area contributed by atoms with Crippen LogP contribution >= 0.6 is 11.6 Å². The van der Waals surface area contributed by atoms with Gasteiger partial charge in [0.1, 0.15) is 0 Å². The normalized spacial score (nSPS) is 12.3. The molecule has 0 aromatic heterocycles. The van der Waals surface area contributed by atoms with E-state index in [2.05, 4.69) is 11.9 Å². The van der Waals surface area contributed by atoms with Crippen LogP contribution in [0.5, 0.6) is 0 Å². The number of benzene rings is 1. The smallest absolute Gasteiger partial charge is 0.340 e. The van der Waals surface area contributed by atoms with Crippen LogP contribution in [0.1, 0.15) is 17.3 Å². The number of carbonyl (C=O) groups is 2. The third-order valence-electron chi connectivity index (χ3n) is 2.66. The number of hydrogen-bond acceptors (Lipinski definition) is 5. The maximum Gasteiger partial charge on any atom is 0.340 e. The third-order valence-corrected chi connectivity index (χ3v) is 4.10. The van der Waals surface area contributed by atoms with Crippen molar-refractivity contribution in [1.29, 1.82) is 0 Å². The number of ether oxygens (including phenoxy) is 1. The largest absolute Gasteiger partial charge is 0.449 e. The molecule has 0 spiro atoms. The molecule has 0 radical (unpaired) electrons. The Labute approximate surface area is 134 Å². The van der Waals surface area contributed by atoms with Gasteiger partial charge in [-0.2, -0.15) is 0 Å². The molecule has 1 N–H and O–H groups in total. The Hall–Kier alpha value is -1.86. The maximum atomic E-state index is 12.0. The van der Waals surface area contributed by atoms with E-state index >= 15 is 0 Å². The van der Waals surface area contributed by atoms with Gasteiger partial charge in [-0.05, 0) is 25.1 Å². The molecule has 1 aromatic carbocycles. The number of hydrogen-bond donors (Lipinski definition) is 1. The maximum absolute atomic E-state index is 12.0. The fourth-order valence-corrected chi connectivity index (χ4v) is 2.33. The number of sulfone groups is 1. The quantitative estimate of drug-likeness (QED) is 0.624. The van der Waals surface area contributed by atoms with Crippen LogP contribution in [0.25, 0.3) is 0 Å². The molecule has 0 fully saturated rings. The minimum absolute atomic E-state index is 0.0381. The van der Waals surface area contributed by atoms with Crippen molar-refractivity contribution >= 4 is 33.3 Å². The summed E-state index contributed by atoms with van der Waals surface area (Å²) in [7, 11) is -3.49. The molecule has 0 bridgehead atoms. The standard InChI is InChI=1S/C14H16ClNO5S/c1-4-7-16-13(17)9(2)21-14(18)11-8-10(22(3,19)20)5-6-12(11)15/h4-6,8-9H,1,7H2,2-3H3,(H,16,17)/t9-/m1/s1. The molecule has 22 heavy (non-hydrogen) atoms. The summed E-state index contributed by atoms with van der Waals surface area (Å²) in [4.78, 5) is 23.6. The van der Waals surface area contributed by atoms with E-state index in [4.69, 9.17) is 16.3 Å². The number of carbonyl (C=O) groups excluding carboxylic acids is 2. The summed E-state index contributed by atoms with van der Waals surface area (Å²) in [6, 6.07) is 3.69. The summed E-state index contributed by atoms with van der Waals surface area (Å²) in [6.45, 7) is 5.08. The van der Waals surface area contributed by atoms with E-state index in [0.29, 0.717) is 0 Å². The lowest BCUT2D eigenvalue weighted by Gasteiger charge is -2.13. The van der Waals surface area contributed by atoms with E-state index in [-0.39, 0.29) is 22.0 Å². The van der Waals surface area contributed by atoms with Crippen molar-refractivity contribution in [1.82, 2.24) is 5.32 Å². The first-order valence-electron chi connectivity index (χ1n) is 6.26. The lowest BCUT2D eigenvalue weighted by atomic mass is 10.2. The predicted molar refractivity (Wildman–Crippen MR) is 82.6 cm³/mol. The number of esters is 1. The van der Waals surface area contributed by atoms with Crippen LogP contribution in [0.15, 0.2) is 35.7 Å². The molecule has 0 saturated heterocycles.